The van der Waals surface area contributed by atoms with Gasteiger partial charge in [0, 0.05) is 42.6 Å². The Balaban J connectivity index is 1.36. The van der Waals surface area contributed by atoms with Crippen LogP contribution < -0.4 is 0 Å². The van der Waals surface area contributed by atoms with Crippen LogP contribution in [0.25, 0.3) is 5.57 Å². The molecule has 34 heavy (non-hydrogen) atoms. The molecule has 6 heteroatoms. The number of aliphatic imine (C=N–C) groups is 2. The van der Waals surface area contributed by atoms with Crippen molar-refractivity contribution in [2.24, 2.45) is 9.98 Å². The number of fused-ring (bicyclic) bond motifs is 1. The second-order valence-electron chi connectivity index (χ2n) is 8.64. The topological polar surface area (TPSA) is 46.8 Å². The first-order valence-corrected chi connectivity index (χ1v) is 11.5. The minimum atomic E-state index is -0.881. The molecule has 4 nitrogen and oxygen atoms in total. The third-order valence-electron chi connectivity index (χ3n) is 6.28. The molecule has 2 aromatic rings. The van der Waals surface area contributed by atoms with Crippen LogP contribution >= 0.6 is 0 Å². The third kappa shape index (κ3) is 4.67. The third-order valence-corrected chi connectivity index (χ3v) is 6.28. The van der Waals surface area contributed by atoms with Crippen molar-refractivity contribution in [1.29, 1.82) is 0 Å². The molecule has 1 aromatic carbocycles. The van der Waals surface area contributed by atoms with E-state index in [0.29, 0.717) is 18.7 Å². The van der Waals surface area contributed by atoms with E-state index in [-0.39, 0.29) is 11.6 Å². The van der Waals surface area contributed by atoms with Gasteiger partial charge in [0.25, 0.3) is 0 Å². The lowest BCUT2D eigenvalue weighted by Crippen LogP contribution is -2.10. The SMILES string of the molecule is CC1=C(c2ccncc2)C=C(CC2CCC=C3N=C(c4cccc(F)c4F)C=C3C=N2)OCC1. The molecule has 0 spiro atoms. The van der Waals surface area contributed by atoms with Gasteiger partial charge in [0.2, 0.25) is 0 Å². The van der Waals surface area contributed by atoms with E-state index in [1.807, 2.05) is 18.2 Å². The van der Waals surface area contributed by atoms with E-state index < -0.39 is 11.6 Å². The second-order valence-corrected chi connectivity index (χ2v) is 8.64. The maximum absolute atomic E-state index is 14.3. The van der Waals surface area contributed by atoms with Gasteiger partial charge in [-0.1, -0.05) is 17.7 Å². The molecule has 5 rings (SSSR count). The Morgan fingerprint density at radius 1 is 1.09 bits per heavy atom. The van der Waals surface area contributed by atoms with Gasteiger partial charge in [-0.3, -0.25) is 9.98 Å². The Morgan fingerprint density at radius 3 is 2.79 bits per heavy atom. The summed E-state index contributed by atoms with van der Waals surface area (Å²) in [4.78, 5) is 13.5. The number of benzene rings is 1. The van der Waals surface area contributed by atoms with E-state index in [2.05, 4.69) is 23.0 Å². The highest BCUT2D eigenvalue weighted by atomic mass is 19.2. The summed E-state index contributed by atoms with van der Waals surface area (Å²) in [5.74, 6) is -0.832. The number of aromatic nitrogens is 1. The van der Waals surface area contributed by atoms with Gasteiger partial charge in [0.15, 0.2) is 11.6 Å². The van der Waals surface area contributed by atoms with Gasteiger partial charge in [-0.15, -0.1) is 0 Å². The van der Waals surface area contributed by atoms with Crippen molar-refractivity contribution >= 4 is 17.5 Å². The maximum Gasteiger partial charge on any atom is 0.168 e. The zero-order valence-electron chi connectivity index (χ0n) is 19.0. The number of allylic oxidation sites excluding steroid dienone is 5. The van der Waals surface area contributed by atoms with Crippen molar-refractivity contribution in [1.82, 2.24) is 4.98 Å². The van der Waals surface area contributed by atoms with Gasteiger partial charge in [-0.05, 0) is 67.3 Å². The van der Waals surface area contributed by atoms with Gasteiger partial charge >= 0.3 is 0 Å². The Morgan fingerprint density at radius 2 is 1.94 bits per heavy atom. The van der Waals surface area contributed by atoms with Gasteiger partial charge in [-0.25, -0.2) is 13.8 Å². The quantitative estimate of drug-likeness (QED) is 0.535. The Bertz CT molecular complexity index is 1290. The lowest BCUT2D eigenvalue weighted by molar-refractivity contribution is 0.203. The lowest BCUT2D eigenvalue weighted by atomic mass is 9.98. The minimum Gasteiger partial charge on any atom is -0.498 e. The zero-order valence-corrected chi connectivity index (χ0v) is 19.0. The van der Waals surface area contributed by atoms with E-state index in [1.165, 1.54) is 17.2 Å². The van der Waals surface area contributed by atoms with Crippen molar-refractivity contribution in [2.45, 2.75) is 38.6 Å². The molecule has 4 heterocycles. The standard InChI is InChI=1S/C28H25F2N3O/c1-18-10-13-34-22(16-24(18)19-8-11-31-12-9-19)15-21-4-2-7-26-20(17-32-21)14-27(33-26)23-5-3-6-25(29)28(23)30/h3,5-9,11-12,14,16-17,21H,2,4,10,13,15H2,1H3. The molecule has 0 amide bonds. The van der Waals surface area contributed by atoms with Crippen molar-refractivity contribution in [3.8, 4) is 0 Å². The van der Waals surface area contributed by atoms with E-state index in [1.54, 1.807) is 30.8 Å². The van der Waals surface area contributed by atoms with Crippen LogP contribution in [0.3, 0.4) is 0 Å². The fourth-order valence-corrected chi connectivity index (χ4v) is 4.39. The summed E-state index contributed by atoms with van der Waals surface area (Å²) in [7, 11) is 0. The van der Waals surface area contributed by atoms with Crippen LogP contribution in [0.5, 0.6) is 0 Å². The van der Waals surface area contributed by atoms with Crippen LogP contribution in [-0.4, -0.2) is 29.6 Å². The Hall–Kier alpha value is -3.67. The minimum absolute atomic E-state index is 0.0528. The summed E-state index contributed by atoms with van der Waals surface area (Å²) >= 11 is 0. The van der Waals surface area contributed by atoms with Crippen LogP contribution in [0.4, 0.5) is 8.78 Å². The molecule has 3 aliphatic heterocycles. The van der Waals surface area contributed by atoms with Crippen molar-refractivity contribution in [3.05, 3.63) is 106 Å². The van der Waals surface area contributed by atoms with Gasteiger partial charge in [-0.2, -0.15) is 0 Å². The number of hydrogen-bond donors (Lipinski definition) is 0. The van der Waals surface area contributed by atoms with Crippen LogP contribution in [0, 0.1) is 11.6 Å². The van der Waals surface area contributed by atoms with Gasteiger partial charge < -0.3 is 4.74 Å². The van der Waals surface area contributed by atoms with Crippen molar-refractivity contribution < 1.29 is 13.5 Å². The number of pyridine rings is 1. The van der Waals surface area contributed by atoms with Gasteiger partial charge in [0.05, 0.1) is 29.8 Å². The fraction of sp³-hybridized carbons (Fsp3) is 0.250. The number of hydrogen-bond acceptors (Lipinski definition) is 4. The first-order valence-electron chi connectivity index (χ1n) is 11.5. The van der Waals surface area contributed by atoms with E-state index >= 15 is 0 Å². The monoisotopic (exact) mass is 457 g/mol. The number of rotatable bonds is 4. The van der Waals surface area contributed by atoms with Crippen molar-refractivity contribution in [3.63, 3.8) is 0 Å². The molecule has 0 saturated carbocycles. The summed E-state index contributed by atoms with van der Waals surface area (Å²) in [5.41, 5.74) is 5.75. The molecule has 0 bridgehead atoms. The summed E-state index contributed by atoms with van der Waals surface area (Å²) < 4.78 is 34.0. The molecule has 0 fully saturated rings. The highest BCUT2D eigenvalue weighted by Gasteiger charge is 2.21. The molecule has 0 aliphatic carbocycles. The molecule has 1 aromatic heterocycles. The van der Waals surface area contributed by atoms with Crippen LogP contribution in [0.1, 0.15) is 43.7 Å². The predicted octanol–water partition coefficient (Wildman–Crippen LogP) is 6.37. The van der Waals surface area contributed by atoms with Crippen LogP contribution in [0.2, 0.25) is 0 Å². The number of nitrogens with zero attached hydrogens (tertiary/aromatic N) is 3. The first kappa shape index (κ1) is 22.1. The van der Waals surface area contributed by atoms with Crippen LogP contribution in [-0.2, 0) is 4.74 Å². The highest BCUT2D eigenvalue weighted by Crippen LogP contribution is 2.30. The van der Waals surface area contributed by atoms with E-state index in [9.17, 15) is 8.78 Å². The Labute approximate surface area is 197 Å². The highest BCUT2D eigenvalue weighted by molar-refractivity contribution is 6.15. The molecule has 1 atom stereocenters. The molecule has 0 radical (unpaired) electrons. The summed E-state index contributed by atoms with van der Waals surface area (Å²) in [6.07, 6.45) is 14.6. The summed E-state index contributed by atoms with van der Waals surface area (Å²) in [6, 6.07) is 8.23. The molecule has 0 saturated heterocycles. The number of halogens is 2. The average molecular weight is 458 g/mol. The Kier molecular flexibility index (Phi) is 6.30. The molecule has 1 unspecified atom stereocenters. The maximum atomic E-state index is 14.3. The summed E-state index contributed by atoms with van der Waals surface area (Å²) in [6.45, 7) is 2.79. The predicted molar refractivity (Wildman–Crippen MR) is 131 cm³/mol. The van der Waals surface area contributed by atoms with Crippen molar-refractivity contribution in [2.75, 3.05) is 6.61 Å². The molecular weight excluding hydrogens is 432 g/mol. The van der Waals surface area contributed by atoms with E-state index in [0.717, 1.165) is 47.9 Å². The summed E-state index contributed by atoms with van der Waals surface area (Å²) in [5, 5.41) is 0. The fourth-order valence-electron chi connectivity index (χ4n) is 4.39. The smallest absolute Gasteiger partial charge is 0.168 e. The molecular formula is C28H25F2N3O. The molecule has 172 valence electrons. The second kappa shape index (κ2) is 9.67. The lowest BCUT2D eigenvalue weighted by Gasteiger charge is -2.16. The zero-order chi connectivity index (χ0) is 23.5. The molecule has 3 aliphatic rings. The largest absolute Gasteiger partial charge is 0.498 e. The number of ether oxygens (including phenoxy) is 1. The molecule has 0 N–H and O–H groups in total. The average Bonchev–Trinajstić information content (AvgIpc) is 3.12. The normalized spacial score (nSPS) is 20.3. The van der Waals surface area contributed by atoms with Crippen LogP contribution in [0.15, 0.2) is 93.5 Å². The first-order chi connectivity index (χ1) is 16.6. The van der Waals surface area contributed by atoms with E-state index in [4.69, 9.17) is 9.73 Å². The van der Waals surface area contributed by atoms with Gasteiger partial charge in [0.1, 0.15) is 0 Å².